The Morgan fingerprint density at radius 2 is 1.88 bits per heavy atom. The Bertz CT molecular complexity index is 577. The third-order valence-electron chi connectivity index (χ3n) is 4.84. The fourth-order valence-electron chi connectivity index (χ4n) is 3.42. The molecule has 1 unspecified atom stereocenters. The Morgan fingerprint density at radius 3 is 2.58 bits per heavy atom. The molecule has 0 N–H and O–H groups in total. The molecule has 132 valence electrons. The lowest BCUT2D eigenvalue weighted by Gasteiger charge is -2.36. The second-order valence-corrected chi connectivity index (χ2v) is 6.41. The predicted molar refractivity (Wildman–Crippen MR) is 86.5 cm³/mol. The molecule has 0 saturated carbocycles. The zero-order chi connectivity index (χ0) is 17.1. The molecule has 2 saturated heterocycles. The summed E-state index contributed by atoms with van der Waals surface area (Å²) in [5, 5.41) is 0. The van der Waals surface area contributed by atoms with Crippen molar-refractivity contribution in [1.82, 2.24) is 14.7 Å². The summed E-state index contributed by atoms with van der Waals surface area (Å²) in [6.45, 7) is 2.45. The van der Waals surface area contributed by atoms with E-state index in [1.807, 2.05) is 0 Å². The van der Waals surface area contributed by atoms with Gasteiger partial charge in [0.15, 0.2) is 0 Å². The maximum Gasteiger partial charge on any atom is 0.387 e. The van der Waals surface area contributed by atoms with Gasteiger partial charge in [-0.3, -0.25) is 9.69 Å². The SMILES string of the molecule is CN1CCN(C2CCN(C(=O)c3ccccc3OC(F)F)C2)CC1. The van der Waals surface area contributed by atoms with Crippen LogP contribution in [0.25, 0.3) is 0 Å². The van der Waals surface area contributed by atoms with E-state index in [1.165, 1.54) is 6.07 Å². The molecule has 0 radical (unpaired) electrons. The molecule has 7 heteroatoms. The Morgan fingerprint density at radius 1 is 1.17 bits per heavy atom. The van der Waals surface area contributed by atoms with Crippen molar-refractivity contribution in [2.24, 2.45) is 0 Å². The van der Waals surface area contributed by atoms with Gasteiger partial charge in [0.1, 0.15) is 5.75 Å². The smallest absolute Gasteiger partial charge is 0.387 e. The monoisotopic (exact) mass is 339 g/mol. The lowest BCUT2D eigenvalue weighted by molar-refractivity contribution is -0.0502. The topological polar surface area (TPSA) is 36.0 Å². The predicted octanol–water partition coefficient (Wildman–Crippen LogP) is 1.75. The molecule has 0 bridgehead atoms. The van der Waals surface area contributed by atoms with Crippen LogP contribution in [0, 0.1) is 0 Å². The number of para-hydroxylation sites is 1. The van der Waals surface area contributed by atoms with Gasteiger partial charge in [-0.25, -0.2) is 0 Å². The third kappa shape index (κ3) is 3.84. The van der Waals surface area contributed by atoms with Gasteiger partial charge in [-0.1, -0.05) is 12.1 Å². The lowest BCUT2D eigenvalue weighted by atomic mass is 10.1. The van der Waals surface area contributed by atoms with Gasteiger partial charge >= 0.3 is 6.61 Å². The van der Waals surface area contributed by atoms with E-state index in [4.69, 9.17) is 0 Å². The van der Waals surface area contributed by atoms with Crippen LogP contribution in [-0.2, 0) is 0 Å². The van der Waals surface area contributed by atoms with Crippen molar-refractivity contribution in [3.05, 3.63) is 29.8 Å². The van der Waals surface area contributed by atoms with Gasteiger partial charge < -0.3 is 14.5 Å². The standard InChI is InChI=1S/C17H23F2N3O2/c1-20-8-10-21(11-9-20)13-6-7-22(12-13)16(23)14-4-2-3-5-15(14)24-17(18)19/h2-5,13,17H,6-12H2,1H3. The van der Waals surface area contributed by atoms with Crippen LogP contribution in [0.15, 0.2) is 24.3 Å². The number of piperazine rings is 1. The van der Waals surface area contributed by atoms with Gasteiger partial charge in [0.2, 0.25) is 0 Å². The summed E-state index contributed by atoms with van der Waals surface area (Å²) in [7, 11) is 2.11. The minimum atomic E-state index is -2.93. The number of rotatable bonds is 4. The first-order chi connectivity index (χ1) is 11.5. The minimum absolute atomic E-state index is 0.0550. The summed E-state index contributed by atoms with van der Waals surface area (Å²) in [6, 6.07) is 6.56. The van der Waals surface area contributed by atoms with E-state index in [1.54, 1.807) is 23.1 Å². The molecular formula is C17H23F2N3O2. The number of nitrogens with zero attached hydrogens (tertiary/aromatic N) is 3. The van der Waals surface area contributed by atoms with Crippen LogP contribution in [0.2, 0.25) is 0 Å². The Kier molecular flexibility index (Phi) is 5.30. The highest BCUT2D eigenvalue weighted by molar-refractivity contribution is 5.97. The molecule has 0 aromatic heterocycles. The molecule has 0 spiro atoms. The van der Waals surface area contributed by atoms with Gasteiger partial charge in [0.25, 0.3) is 5.91 Å². The van der Waals surface area contributed by atoms with Gasteiger partial charge in [0, 0.05) is 45.3 Å². The average molecular weight is 339 g/mol. The molecular weight excluding hydrogens is 316 g/mol. The van der Waals surface area contributed by atoms with Gasteiger partial charge in [-0.2, -0.15) is 8.78 Å². The second kappa shape index (κ2) is 7.44. The number of carbonyl (C=O) groups excluding carboxylic acids is 1. The summed E-state index contributed by atoms with van der Waals surface area (Å²) >= 11 is 0. The molecule has 2 aliphatic heterocycles. The number of carbonyl (C=O) groups is 1. The van der Waals surface area contributed by atoms with Crippen LogP contribution in [-0.4, -0.2) is 79.6 Å². The van der Waals surface area contributed by atoms with Crippen molar-refractivity contribution in [3.63, 3.8) is 0 Å². The van der Waals surface area contributed by atoms with Crippen molar-refractivity contribution < 1.29 is 18.3 Å². The summed E-state index contributed by atoms with van der Waals surface area (Å²) in [6.07, 6.45) is 0.924. The van der Waals surface area contributed by atoms with Gasteiger partial charge in [-0.05, 0) is 25.6 Å². The maximum absolute atomic E-state index is 12.7. The van der Waals surface area contributed by atoms with E-state index >= 15 is 0 Å². The Balaban J connectivity index is 1.64. The first kappa shape index (κ1) is 17.1. The van der Waals surface area contributed by atoms with E-state index < -0.39 is 6.61 Å². The van der Waals surface area contributed by atoms with E-state index in [2.05, 4.69) is 21.6 Å². The van der Waals surface area contributed by atoms with Crippen molar-refractivity contribution in [2.45, 2.75) is 19.1 Å². The number of alkyl halides is 2. The molecule has 0 aliphatic carbocycles. The van der Waals surface area contributed by atoms with Crippen LogP contribution in [0.4, 0.5) is 8.78 Å². The first-order valence-corrected chi connectivity index (χ1v) is 8.30. The van der Waals surface area contributed by atoms with E-state index in [-0.39, 0.29) is 17.2 Å². The summed E-state index contributed by atoms with van der Waals surface area (Å²) in [4.78, 5) is 19.2. The number of likely N-dealkylation sites (N-methyl/N-ethyl adjacent to an activating group) is 1. The highest BCUT2D eigenvalue weighted by Crippen LogP contribution is 2.25. The summed E-state index contributed by atoms with van der Waals surface area (Å²) in [5.41, 5.74) is 0.205. The van der Waals surface area contributed by atoms with Crippen molar-refractivity contribution in [3.8, 4) is 5.75 Å². The number of likely N-dealkylation sites (tertiary alicyclic amines) is 1. The van der Waals surface area contributed by atoms with Crippen molar-refractivity contribution >= 4 is 5.91 Å². The molecule has 24 heavy (non-hydrogen) atoms. The minimum Gasteiger partial charge on any atom is -0.434 e. The molecule has 3 rings (SSSR count). The number of amides is 1. The number of benzene rings is 1. The van der Waals surface area contributed by atoms with E-state index in [0.717, 1.165) is 32.6 Å². The number of hydrogen-bond donors (Lipinski definition) is 0. The molecule has 2 aliphatic rings. The summed E-state index contributed by atoms with van der Waals surface area (Å²) < 4.78 is 29.5. The lowest BCUT2D eigenvalue weighted by Crippen LogP contribution is -2.50. The van der Waals surface area contributed by atoms with Gasteiger partial charge in [-0.15, -0.1) is 0 Å². The van der Waals surface area contributed by atoms with Gasteiger partial charge in [0.05, 0.1) is 5.56 Å². The van der Waals surface area contributed by atoms with Crippen molar-refractivity contribution in [2.75, 3.05) is 46.3 Å². The number of halogens is 2. The maximum atomic E-state index is 12.7. The molecule has 1 atom stereocenters. The van der Waals surface area contributed by atoms with Crippen LogP contribution < -0.4 is 4.74 Å². The zero-order valence-electron chi connectivity index (χ0n) is 13.8. The normalized spacial score (nSPS) is 23.0. The van der Waals surface area contributed by atoms with Crippen LogP contribution in [0.3, 0.4) is 0 Å². The molecule has 2 fully saturated rings. The zero-order valence-corrected chi connectivity index (χ0v) is 13.8. The first-order valence-electron chi connectivity index (χ1n) is 8.30. The highest BCUT2D eigenvalue weighted by atomic mass is 19.3. The number of hydrogen-bond acceptors (Lipinski definition) is 4. The van der Waals surface area contributed by atoms with E-state index in [0.29, 0.717) is 19.1 Å². The summed E-state index contributed by atoms with van der Waals surface area (Å²) in [5.74, 6) is -0.288. The third-order valence-corrected chi connectivity index (χ3v) is 4.84. The van der Waals surface area contributed by atoms with E-state index in [9.17, 15) is 13.6 Å². The molecule has 1 aromatic carbocycles. The fraction of sp³-hybridized carbons (Fsp3) is 0.588. The fourth-order valence-corrected chi connectivity index (χ4v) is 3.42. The number of ether oxygens (including phenoxy) is 1. The molecule has 5 nitrogen and oxygen atoms in total. The Labute approximate surface area is 140 Å². The molecule has 2 heterocycles. The van der Waals surface area contributed by atoms with Crippen LogP contribution in [0.5, 0.6) is 5.75 Å². The average Bonchev–Trinajstić information content (AvgIpc) is 3.05. The van der Waals surface area contributed by atoms with Crippen LogP contribution in [0.1, 0.15) is 16.8 Å². The van der Waals surface area contributed by atoms with Crippen LogP contribution >= 0.6 is 0 Å². The quantitative estimate of drug-likeness (QED) is 0.837. The second-order valence-electron chi connectivity index (χ2n) is 6.41. The Hall–Kier alpha value is -1.73. The largest absolute Gasteiger partial charge is 0.434 e. The van der Waals surface area contributed by atoms with Crippen molar-refractivity contribution in [1.29, 1.82) is 0 Å². The molecule has 1 amide bonds. The highest BCUT2D eigenvalue weighted by Gasteiger charge is 2.33. The molecule has 1 aromatic rings.